The molecule has 0 fully saturated rings. The minimum absolute atomic E-state index is 0.0526. The van der Waals surface area contributed by atoms with Crippen molar-refractivity contribution in [2.75, 3.05) is 13.2 Å². The summed E-state index contributed by atoms with van der Waals surface area (Å²) in [5.41, 5.74) is 3.07. The van der Waals surface area contributed by atoms with Crippen LogP contribution in [0.15, 0.2) is 77.8 Å². The Balaban J connectivity index is 1.56. The van der Waals surface area contributed by atoms with Crippen molar-refractivity contribution < 1.29 is 14.3 Å². The summed E-state index contributed by atoms with van der Waals surface area (Å²) in [6.45, 7) is 1.97. The van der Waals surface area contributed by atoms with Gasteiger partial charge >= 0.3 is 5.97 Å². The largest absolute Gasteiger partial charge is 0.482 e. The zero-order valence-corrected chi connectivity index (χ0v) is 18.9. The van der Waals surface area contributed by atoms with Crippen LogP contribution in [0.1, 0.15) is 35.7 Å². The Labute approximate surface area is 197 Å². The molecule has 2 atom stereocenters. The third-order valence-electron chi connectivity index (χ3n) is 5.11. The second-order valence-corrected chi connectivity index (χ2v) is 8.14. The highest BCUT2D eigenvalue weighted by molar-refractivity contribution is 6.30. The maximum absolute atomic E-state index is 11.5. The molecule has 5 nitrogen and oxygen atoms in total. The van der Waals surface area contributed by atoms with Crippen molar-refractivity contribution in [2.24, 2.45) is 4.99 Å². The molecule has 1 N–H and O–H groups in total. The van der Waals surface area contributed by atoms with Crippen LogP contribution in [0, 0.1) is 0 Å². The third kappa shape index (κ3) is 5.23. The molecule has 0 spiro atoms. The van der Waals surface area contributed by atoms with Crippen molar-refractivity contribution in [1.82, 2.24) is 5.32 Å². The van der Waals surface area contributed by atoms with Gasteiger partial charge < -0.3 is 14.8 Å². The van der Waals surface area contributed by atoms with E-state index in [9.17, 15) is 4.79 Å². The van der Waals surface area contributed by atoms with E-state index in [2.05, 4.69) is 5.32 Å². The van der Waals surface area contributed by atoms with Gasteiger partial charge in [-0.15, -0.1) is 0 Å². The maximum Gasteiger partial charge on any atom is 0.344 e. The van der Waals surface area contributed by atoms with E-state index >= 15 is 0 Å². The van der Waals surface area contributed by atoms with Crippen LogP contribution in [-0.2, 0) is 9.53 Å². The Morgan fingerprint density at radius 2 is 1.50 bits per heavy atom. The van der Waals surface area contributed by atoms with E-state index < -0.39 is 5.97 Å². The zero-order chi connectivity index (χ0) is 22.5. The number of carbonyl (C=O) groups excluding carboxylic acids is 1. The van der Waals surface area contributed by atoms with Gasteiger partial charge in [-0.1, -0.05) is 47.5 Å². The van der Waals surface area contributed by atoms with Crippen LogP contribution in [0.3, 0.4) is 0 Å². The van der Waals surface area contributed by atoms with Gasteiger partial charge in [-0.25, -0.2) is 4.79 Å². The number of halogens is 2. The Kier molecular flexibility index (Phi) is 6.98. The average Bonchev–Trinajstić information content (AvgIpc) is 3.25. The summed E-state index contributed by atoms with van der Waals surface area (Å²) < 4.78 is 10.4. The topological polar surface area (TPSA) is 59.9 Å². The number of aliphatic imine (C=N–C) groups is 1. The molecule has 0 saturated carbocycles. The summed E-state index contributed by atoms with van der Waals surface area (Å²) in [6.07, 6.45) is 0. The van der Waals surface area contributed by atoms with Gasteiger partial charge in [0, 0.05) is 15.6 Å². The number of nitrogens with one attached hydrogen (secondary N) is 1. The smallest absolute Gasteiger partial charge is 0.344 e. The number of hydrogen-bond acceptors (Lipinski definition) is 5. The van der Waals surface area contributed by atoms with E-state index in [1.807, 2.05) is 72.8 Å². The van der Waals surface area contributed by atoms with Crippen molar-refractivity contribution in [3.8, 4) is 5.75 Å². The minimum Gasteiger partial charge on any atom is -0.482 e. The highest BCUT2D eigenvalue weighted by atomic mass is 35.5. The van der Waals surface area contributed by atoms with Crippen LogP contribution in [0.4, 0.5) is 0 Å². The number of esters is 1. The van der Waals surface area contributed by atoms with E-state index in [1.165, 1.54) is 0 Å². The molecule has 3 aromatic rings. The first-order valence-electron chi connectivity index (χ1n) is 10.3. The van der Waals surface area contributed by atoms with Crippen molar-refractivity contribution in [3.63, 3.8) is 0 Å². The van der Waals surface area contributed by atoms with Gasteiger partial charge in [0.15, 0.2) is 6.61 Å². The first-order chi connectivity index (χ1) is 15.5. The fourth-order valence-corrected chi connectivity index (χ4v) is 3.80. The lowest BCUT2D eigenvalue weighted by molar-refractivity contribution is -0.145. The summed E-state index contributed by atoms with van der Waals surface area (Å²) in [6, 6.07) is 22.8. The Morgan fingerprint density at radius 3 is 2.09 bits per heavy atom. The van der Waals surface area contributed by atoms with Gasteiger partial charge in [-0.3, -0.25) is 4.99 Å². The fraction of sp³-hybridized carbons (Fsp3) is 0.200. The highest BCUT2D eigenvalue weighted by Crippen LogP contribution is 2.37. The molecule has 0 bridgehead atoms. The van der Waals surface area contributed by atoms with Gasteiger partial charge in [0.2, 0.25) is 0 Å². The number of rotatable bonds is 7. The van der Waals surface area contributed by atoms with E-state index in [-0.39, 0.29) is 18.7 Å². The number of amidine groups is 1. The third-order valence-corrected chi connectivity index (χ3v) is 5.61. The summed E-state index contributed by atoms with van der Waals surface area (Å²) in [5.74, 6) is 0.973. The quantitative estimate of drug-likeness (QED) is 0.447. The predicted molar refractivity (Wildman–Crippen MR) is 127 cm³/mol. The number of nitrogens with zero attached hydrogens (tertiary/aromatic N) is 1. The Hall–Kier alpha value is -3.02. The lowest BCUT2D eigenvalue weighted by atomic mass is 9.95. The second kappa shape index (κ2) is 10.1. The number of carbonyl (C=O) groups is 1. The van der Waals surface area contributed by atoms with Gasteiger partial charge in [-0.05, 0) is 66.6 Å². The molecule has 1 aliphatic rings. The van der Waals surface area contributed by atoms with Crippen molar-refractivity contribution in [3.05, 3.63) is 99.5 Å². The molecule has 4 rings (SSSR count). The van der Waals surface area contributed by atoms with Crippen LogP contribution < -0.4 is 10.1 Å². The first-order valence-corrected chi connectivity index (χ1v) is 11.0. The van der Waals surface area contributed by atoms with Crippen LogP contribution in [0.5, 0.6) is 5.75 Å². The molecule has 164 valence electrons. The SMILES string of the molecule is CCOC(=O)COc1ccc(C2=NC(c3ccc(Cl)cc3)C(c3ccc(Cl)cc3)N2)cc1. The first kappa shape index (κ1) is 22.2. The number of benzene rings is 3. The van der Waals surface area contributed by atoms with Gasteiger partial charge in [-0.2, -0.15) is 0 Å². The van der Waals surface area contributed by atoms with Crippen LogP contribution in [0.25, 0.3) is 0 Å². The van der Waals surface area contributed by atoms with Crippen molar-refractivity contribution in [2.45, 2.75) is 19.0 Å². The molecule has 7 heteroatoms. The average molecular weight is 469 g/mol. The van der Waals surface area contributed by atoms with Crippen LogP contribution in [-0.4, -0.2) is 25.0 Å². The van der Waals surface area contributed by atoms with E-state index in [0.717, 1.165) is 22.5 Å². The summed E-state index contributed by atoms with van der Waals surface area (Å²) >= 11 is 12.2. The lowest BCUT2D eigenvalue weighted by Crippen LogP contribution is -2.25. The molecule has 2 unspecified atom stereocenters. The molecule has 0 radical (unpaired) electrons. The normalized spacial score (nSPS) is 17.4. The molecule has 0 aliphatic carbocycles. The summed E-state index contributed by atoms with van der Waals surface area (Å²) in [5, 5.41) is 4.93. The van der Waals surface area contributed by atoms with Crippen molar-refractivity contribution in [1.29, 1.82) is 0 Å². The van der Waals surface area contributed by atoms with E-state index in [0.29, 0.717) is 22.4 Å². The lowest BCUT2D eigenvalue weighted by Gasteiger charge is -2.20. The second-order valence-electron chi connectivity index (χ2n) is 7.27. The Morgan fingerprint density at radius 1 is 0.906 bits per heavy atom. The molecule has 0 amide bonds. The Bertz CT molecular complexity index is 1100. The predicted octanol–water partition coefficient (Wildman–Crippen LogP) is 5.77. The number of hydrogen-bond donors (Lipinski definition) is 1. The zero-order valence-electron chi connectivity index (χ0n) is 17.4. The van der Waals surface area contributed by atoms with Crippen LogP contribution >= 0.6 is 23.2 Å². The summed E-state index contributed by atoms with van der Waals surface area (Å²) in [4.78, 5) is 16.5. The van der Waals surface area contributed by atoms with E-state index in [4.69, 9.17) is 37.7 Å². The summed E-state index contributed by atoms with van der Waals surface area (Å²) in [7, 11) is 0. The monoisotopic (exact) mass is 468 g/mol. The molecular weight excluding hydrogens is 447 g/mol. The van der Waals surface area contributed by atoms with Gasteiger partial charge in [0.1, 0.15) is 17.6 Å². The molecular formula is C25H22Cl2N2O3. The van der Waals surface area contributed by atoms with E-state index in [1.54, 1.807) is 6.92 Å². The fourth-order valence-electron chi connectivity index (χ4n) is 3.55. The molecule has 0 aromatic heterocycles. The molecule has 3 aromatic carbocycles. The van der Waals surface area contributed by atoms with Crippen molar-refractivity contribution >= 4 is 35.0 Å². The van der Waals surface area contributed by atoms with Gasteiger partial charge in [0.25, 0.3) is 0 Å². The maximum atomic E-state index is 11.5. The number of ether oxygens (including phenoxy) is 2. The van der Waals surface area contributed by atoms with Crippen LogP contribution in [0.2, 0.25) is 10.0 Å². The molecule has 0 saturated heterocycles. The highest BCUT2D eigenvalue weighted by Gasteiger charge is 2.31. The standard InChI is InChI=1S/C25H22Cl2N2O3/c1-2-31-22(30)15-32-21-13-7-18(8-14-21)25-28-23(16-3-9-19(26)10-4-16)24(29-25)17-5-11-20(27)12-6-17/h3-14,23-24H,2,15H2,1H3,(H,28,29). The molecule has 1 heterocycles. The molecule has 1 aliphatic heterocycles. The minimum atomic E-state index is -0.393. The van der Waals surface area contributed by atoms with Gasteiger partial charge in [0.05, 0.1) is 12.6 Å². The molecule has 32 heavy (non-hydrogen) atoms.